The molecular formula is C20H26N4O2S. The Hall–Kier alpha value is -2.54. The Bertz CT molecular complexity index is 816. The lowest BCUT2D eigenvalue weighted by atomic mass is 10.0. The molecule has 0 saturated carbocycles. The fourth-order valence-corrected chi connectivity index (χ4v) is 3.68. The average molecular weight is 387 g/mol. The smallest absolute Gasteiger partial charge is 0.224 e. The van der Waals surface area contributed by atoms with Crippen molar-refractivity contribution in [2.24, 2.45) is 4.99 Å². The van der Waals surface area contributed by atoms with Gasteiger partial charge in [0, 0.05) is 23.5 Å². The van der Waals surface area contributed by atoms with Gasteiger partial charge >= 0.3 is 0 Å². The number of hydrogen-bond donors (Lipinski definition) is 3. The van der Waals surface area contributed by atoms with E-state index in [2.05, 4.69) is 46.2 Å². The van der Waals surface area contributed by atoms with Gasteiger partial charge in [-0.05, 0) is 61.0 Å². The molecule has 0 atom stereocenters. The number of rotatable bonds is 7. The Morgan fingerprint density at radius 2 is 2.19 bits per heavy atom. The summed E-state index contributed by atoms with van der Waals surface area (Å²) in [4.78, 5) is 17.3. The molecule has 3 rings (SSSR count). The van der Waals surface area contributed by atoms with Crippen molar-refractivity contribution in [1.82, 2.24) is 10.6 Å². The summed E-state index contributed by atoms with van der Waals surface area (Å²) in [6, 6.07) is 7.93. The van der Waals surface area contributed by atoms with Crippen LogP contribution in [0.2, 0.25) is 0 Å². The number of benzene rings is 1. The van der Waals surface area contributed by atoms with Crippen LogP contribution in [0.15, 0.2) is 34.6 Å². The van der Waals surface area contributed by atoms with Gasteiger partial charge in [0.25, 0.3) is 0 Å². The lowest BCUT2D eigenvalue weighted by molar-refractivity contribution is -0.116. The van der Waals surface area contributed by atoms with Crippen LogP contribution in [-0.2, 0) is 17.8 Å². The van der Waals surface area contributed by atoms with Crippen molar-refractivity contribution in [3.8, 4) is 5.75 Å². The maximum Gasteiger partial charge on any atom is 0.224 e. The molecule has 0 bridgehead atoms. The number of hydrogen-bond acceptors (Lipinski definition) is 4. The summed E-state index contributed by atoms with van der Waals surface area (Å²) < 4.78 is 5.84. The molecule has 1 aliphatic heterocycles. The van der Waals surface area contributed by atoms with Gasteiger partial charge in [0.05, 0.1) is 13.1 Å². The van der Waals surface area contributed by atoms with E-state index in [0.29, 0.717) is 26.1 Å². The predicted octanol–water partition coefficient (Wildman–Crippen LogP) is 3.08. The van der Waals surface area contributed by atoms with Gasteiger partial charge in [-0.3, -0.25) is 4.79 Å². The molecule has 27 heavy (non-hydrogen) atoms. The number of carbonyl (C=O) groups excluding carboxylic acids is 1. The molecule has 0 unspecified atom stereocenters. The summed E-state index contributed by atoms with van der Waals surface area (Å²) >= 11 is 1.73. The Morgan fingerprint density at radius 1 is 1.30 bits per heavy atom. The highest BCUT2D eigenvalue weighted by Crippen LogP contribution is 2.26. The summed E-state index contributed by atoms with van der Waals surface area (Å²) in [5, 5.41) is 11.5. The molecule has 1 amide bonds. The number of amides is 1. The minimum Gasteiger partial charge on any atom is -0.492 e. The van der Waals surface area contributed by atoms with Crippen LogP contribution >= 0.6 is 11.3 Å². The number of fused-ring (bicyclic) bond motifs is 1. The molecular weight excluding hydrogens is 360 g/mol. The average Bonchev–Trinajstić information content (AvgIpc) is 3.08. The van der Waals surface area contributed by atoms with E-state index in [1.807, 2.05) is 18.2 Å². The lowest BCUT2D eigenvalue weighted by Crippen LogP contribution is -2.39. The largest absolute Gasteiger partial charge is 0.492 e. The highest BCUT2D eigenvalue weighted by atomic mass is 32.1. The van der Waals surface area contributed by atoms with E-state index >= 15 is 0 Å². The number of anilines is 1. The fourth-order valence-electron chi connectivity index (χ4n) is 2.85. The normalized spacial score (nSPS) is 13.7. The van der Waals surface area contributed by atoms with E-state index in [-0.39, 0.29) is 5.91 Å². The van der Waals surface area contributed by atoms with Crippen LogP contribution in [0.5, 0.6) is 5.75 Å². The Morgan fingerprint density at radius 3 is 2.96 bits per heavy atom. The number of aliphatic imine (C=N–C) groups is 1. The van der Waals surface area contributed by atoms with Crippen molar-refractivity contribution in [2.75, 3.05) is 25.0 Å². The van der Waals surface area contributed by atoms with Crippen LogP contribution in [0, 0.1) is 6.92 Å². The van der Waals surface area contributed by atoms with Crippen molar-refractivity contribution >= 4 is 28.9 Å². The molecule has 1 aromatic heterocycles. The number of thiophene rings is 1. The molecule has 1 aliphatic rings. The fraction of sp³-hybridized carbons (Fsp3) is 0.400. The molecule has 1 aromatic carbocycles. The molecule has 0 aliphatic carbocycles. The minimum atomic E-state index is 0.0772. The van der Waals surface area contributed by atoms with E-state index in [1.165, 1.54) is 10.4 Å². The summed E-state index contributed by atoms with van der Waals surface area (Å²) in [5.74, 6) is 1.69. The van der Waals surface area contributed by atoms with Crippen molar-refractivity contribution in [2.45, 2.75) is 33.2 Å². The van der Waals surface area contributed by atoms with Gasteiger partial charge in [-0.2, -0.15) is 0 Å². The molecule has 144 valence electrons. The minimum absolute atomic E-state index is 0.0772. The summed E-state index contributed by atoms with van der Waals surface area (Å²) in [6.07, 6.45) is 1.29. The highest BCUT2D eigenvalue weighted by molar-refractivity contribution is 7.10. The van der Waals surface area contributed by atoms with Gasteiger partial charge in [-0.1, -0.05) is 0 Å². The first-order valence-corrected chi connectivity index (χ1v) is 10.1. The van der Waals surface area contributed by atoms with Crippen LogP contribution in [-0.4, -0.2) is 31.6 Å². The van der Waals surface area contributed by atoms with E-state index in [4.69, 9.17) is 4.74 Å². The summed E-state index contributed by atoms with van der Waals surface area (Å²) in [6.45, 7) is 6.84. The third-order valence-electron chi connectivity index (χ3n) is 4.33. The zero-order valence-electron chi connectivity index (χ0n) is 15.8. The Balaban J connectivity index is 1.47. The van der Waals surface area contributed by atoms with Gasteiger partial charge in [0.2, 0.25) is 5.91 Å². The van der Waals surface area contributed by atoms with Crippen molar-refractivity contribution in [3.05, 3.63) is 45.6 Å². The number of nitrogens with one attached hydrogen (secondary N) is 3. The van der Waals surface area contributed by atoms with Crippen molar-refractivity contribution in [1.29, 1.82) is 0 Å². The van der Waals surface area contributed by atoms with Gasteiger partial charge in [0.1, 0.15) is 12.4 Å². The standard InChI is InChI=1S/C20H26N4O2S/c1-3-21-20(23-13-18-14(2)8-11-27-18)22-9-10-26-16-5-6-17-15(12-16)4-7-19(25)24-17/h5-6,8,11-12H,3-4,7,9-10,13H2,1-2H3,(H,24,25)(H2,21,22,23). The van der Waals surface area contributed by atoms with Crippen LogP contribution < -0.4 is 20.7 Å². The Labute approximate surface area is 164 Å². The van der Waals surface area contributed by atoms with E-state index in [0.717, 1.165) is 35.9 Å². The quantitative estimate of drug-likeness (QED) is 0.388. The number of aryl methyl sites for hydroxylation is 2. The first-order valence-electron chi connectivity index (χ1n) is 9.26. The van der Waals surface area contributed by atoms with Crippen molar-refractivity contribution in [3.63, 3.8) is 0 Å². The van der Waals surface area contributed by atoms with Crippen molar-refractivity contribution < 1.29 is 9.53 Å². The lowest BCUT2D eigenvalue weighted by Gasteiger charge is -2.18. The number of carbonyl (C=O) groups is 1. The van der Waals surface area contributed by atoms with Gasteiger partial charge in [0.15, 0.2) is 5.96 Å². The molecule has 7 heteroatoms. The Kier molecular flexibility index (Phi) is 6.70. The van der Waals surface area contributed by atoms with Gasteiger partial charge in [-0.15, -0.1) is 11.3 Å². The highest BCUT2D eigenvalue weighted by Gasteiger charge is 2.14. The van der Waals surface area contributed by atoms with E-state index in [9.17, 15) is 4.79 Å². The maximum absolute atomic E-state index is 11.4. The first-order chi connectivity index (χ1) is 13.2. The van der Waals surface area contributed by atoms with Gasteiger partial charge < -0.3 is 20.7 Å². The van der Waals surface area contributed by atoms with Crippen LogP contribution in [0.4, 0.5) is 5.69 Å². The predicted molar refractivity (Wildman–Crippen MR) is 111 cm³/mol. The second kappa shape index (κ2) is 9.41. The van der Waals surface area contributed by atoms with Crippen LogP contribution in [0.3, 0.4) is 0 Å². The van der Waals surface area contributed by atoms with E-state index < -0.39 is 0 Å². The number of ether oxygens (including phenoxy) is 1. The monoisotopic (exact) mass is 386 g/mol. The molecule has 2 heterocycles. The second-order valence-corrected chi connectivity index (χ2v) is 7.36. The number of nitrogens with zero attached hydrogens (tertiary/aromatic N) is 1. The molecule has 0 saturated heterocycles. The molecule has 6 nitrogen and oxygen atoms in total. The third-order valence-corrected chi connectivity index (χ3v) is 5.34. The molecule has 0 spiro atoms. The van der Waals surface area contributed by atoms with E-state index in [1.54, 1.807) is 11.3 Å². The maximum atomic E-state index is 11.4. The molecule has 2 aromatic rings. The summed E-state index contributed by atoms with van der Waals surface area (Å²) in [5.41, 5.74) is 3.30. The summed E-state index contributed by atoms with van der Waals surface area (Å²) in [7, 11) is 0. The van der Waals surface area contributed by atoms with Gasteiger partial charge in [-0.25, -0.2) is 4.99 Å². The topological polar surface area (TPSA) is 74.8 Å². The zero-order valence-corrected chi connectivity index (χ0v) is 16.6. The van der Waals surface area contributed by atoms with Crippen LogP contribution in [0.1, 0.15) is 29.3 Å². The molecule has 3 N–H and O–H groups in total. The third kappa shape index (κ3) is 5.47. The number of guanidine groups is 1. The molecule has 0 radical (unpaired) electrons. The SMILES string of the molecule is CCNC(=NCc1sccc1C)NCCOc1ccc2c(c1)CCC(=O)N2. The zero-order chi connectivity index (χ0) is 19.1. The second-order valence-electron chi connectivity index (χ2n) is 6.36. The van der Waals surface area contributed by atoms with Crippen LogP contribution in [0.25, 0.3) is 0 Å². The molecule has 0 fully saturated rings. The first kappa shape index (κ1) is 19.2.